The lowest BCUT2D eigenvalue weighted by molar-refractivity contribution is -0.175. The third-order valence-electron chi connectivity index (χ3n) is 10.8. The average molecular weight is 1020 g/mol. The minimum Gasteiger partial charge on any atom is -0.444 e. The van der Waals surface area contributed by atoms with Crippen LogP contribution in [-0.2, 0) is 34.8 Å². The highest BCUT2D eigenvalue weighted by Crippen LogP contribution is 2.37. The van der Waals surface area contributed by atoms with E-state index in [1.54, 1.807) is 47.0 Å². The molecule has 1 heterocycles. The lowest BCUT2D eigenvalue weighted by Crippen LogP contribution is -2.50. The number of aromatic nitrogens is 2. The number of hydrogen-bond donors (Lipinski definition) is 7. The van der Waals surface area contributed by atoms with Crippen molar-refractivity contribution >= 4 is 36.0 Å². The van der Waals surface area contributed by atoms with Crippen molar-refractivity contribution in [1.29, 1.82) is 0 Å². The van der Waals surface area contributed by atoms with Gasteiger partial charge in [0.1, 0.15) is 16.8 Å². The molecule has 1 aromatic rings. The molecule has 3 saturated carbocycles. The number of hydrogen-bond acceptors (Lipinski definition) is 13. The van der Waals surface area contributed by atoms with Crippen molar-refractivity contribution in [1.82, 2.24) is 42.4 Å². The number of ether oxygens (including phenoxy) is 3. The van der Waals surface area contributed by atoms with E-state index in [-0.39, 0.29) is 56.4 Å². The number of amides is 6. The summed E-state index contributed by atoms with van der Waals surface area (Å²) >= 11 is 0. The maximum Gasteiger partial charge on any atom is 0.472 e. The molecule has 1 aromatic heterocycles. The summed E-state index contributed by atoms with van der Waals surface area (Å²) in [5, 5.41) is 14.8. The smallest absolute Gasteiger partial charge is 0.444 e. The number of alkyl halides is 6. The number of carbonyl (C=O) groups excluding carboxylic acids is 6. The standard InChI is InChI=1S/C15H24F3N3O4.C15H22F3N3O3.C13H25N3O3.2CH4/c1-14(2,3)25-13(24)19-8-9-4-6-10(7-5-9)11(22)20-21-12(23)15(16,17)18;1-14(2,3)24-13(22)19-8-9-4-6-10(7-5-9)11-20-21-12(23-11)15(16,17)18;1-13(2,3)19-12(18)15-8-9-4-6-10(7-5-9)11(17)16-14;;/h9-10H,4-8H2,1-3H3,(H,19,24)(H,20,22)(H,21,23);9-10H,4-8H2,1-3H3,(H,19,22);9-10H,4-8,14H2,1-3H3,(H,15,18)(H,16,17);2*1H4. The van der Waals surface area contributed by atoms with Gasteiger partial charge in [-0.25, -0.2) is 20.2 Å². The second-order valence-corrected chi connectivity index (χ2v) is 20.2. The van der Waals surface area contributed by atoms with Gasteiger partial charge in [0.05, 0.1) is 0 Å². The van der Waals surface area contributed by atoms with Crippen LogP contribution < -0.4 is 38.1 Å². The third-order valence-corrected chi connectivity index (χ3v) is 10.8. The number of hydrazine groups is 2. The molecule has 0 spiro atoms. The van der Waals surface area contributed by atoms with Crippen LogP contribution in [0.2, 0.25) is 0 Å². The summed E-state index contributed by atoms with van der Waals surface area (Å²) < 4.78 is 93.7. The molecule has 0 aromatic carbocycles. The number of nitrogens with one attached hydrogen (secondary N) is 6. The van der Waals surface area contributed by atoms with Crippen molar-refractivity contribution in [3.8, 4) is 0 Å². The van der Waals surface area contributed by atoms with E-state index in [1.807, 2.05) is 20.8 Å². The first-order valence-electron chi connectivity index (χ1n) is 22.7. The van der Waals surface area contributed by atoms with Gasteiger partial charge in [0.2, 0.25) is 17.7 Å². The molecule has 0 radical (unpaired) electrons. The van der Waals surface area contributed by atoms with Crippen LogP contribution >= 0.6 is 0 Å². The van der Waals surface area contributed by atoms with Crippen molar-refractivity contribution < 1.29 is 73.7 Å². The first kappa shape index (κ1) is 64.9. The number of nitrogens with two attached hydrogens (primary N) is 1. The molecule has 3 aliphatic carbocycles. The summed E-state index contributed by atoms with van der Waals surface area (Å²) in [7, 11) is 0. The number of nitrogens with zero attached hydrogens (tertiary/aromatic N) is 2. The van der Waals surface area contributed by atoms with Crippen molar-refractivity contribution in [2.24, 2.45) is 35.4 Å². The maximum atomic E-state index is 12.5. The molecule has 70 heavy (non-hydrogen) atoms. The van der Waals surface area contributed by atoms with E-state index in [2.05, 4.69) is 31.6 Å². The molecule has 0 bridgehead atoms. The van der Waals surface area contributed by atoms with Gasteiger partial charge in [-0.1, -0.05) is 14.9 Å². The van der Waals surface area contributed by atoms with Gasteiger partial charge in [-0.15, -0.1) is 10.2 Å². The fourth-order valence-electron chi connectivity index (χ4n) is 7.42. The number of carbonyl (C=O) groups is 6. The van der Waals surface area contributed by atoms with Gasteiger partial charge in [-0.2, -0.15) is 26.3 Å². The summed E-state index contributed by atoms with van der Waals surface area (Å²) in [5.74, 6) is 1.16. The number of alkyl carbamates (subject to hydrolysis) is 3. The second kappa shape index (κ2) is 28.7. The fraction of sp³-hybridized carbons (Fsp3) is 0.822. The summed E-state index contributed by atoms with van der Waals surface area (Å²) in [5.41, 5.74) is 3.75. The van der Waals surface area contributed by atoms with Gasteiger partial charge in [0, 0.05) is 37.4 Å². The highest BCUT2D eigenvalue weighted by molar-refractivity contribution is 5.86. The normalized spacial score (nSPS) is 21.6. The molecule has 6 amide bonds. The Morgan fingerprint density at radius 3 is 1.19 bits per heavy atom. The topological polar surface area (TPSA) is 267 Å². The monoisotopic (exact) mass is 1020 g/mol. The highest BCUT2D eigenvalue weighted by Gasteiger charge is 2.40. The van der Waals surface area contributed by atoms with E-state index in [1.165, 1.54) is 5.43 Å². The number of rotatable bonds is 9. The van der Waals surface area contributed by atoms with Crippen molar-refractivity contribution in [3.63, 3.8) is 0 Å². The molecule has 25 heteroatoms. The van der Waals surface area contributed by atoms with Crippen molar-refractivity contribution in [3.05, 3.63) is 11.8 Å². The van der Waals surface area contributed by atoms with Gasteiger partial charge < -0.3 is 34.6 Å². The molecule has 406 valence electrons. The third kappa shape index (κ3) is 26.8. The molecule has 0 atom stereocenters. The molecule has 3 aliphatic rings. The largest absolute Gasteiger partial charge is 0.472 e. The van der Waals surface area contributed by atoms with Crippen molar-refractivity contribution in [2.75, 3.05) is 19.6 Å². The van der Waals surface area contributed by atoms with Crippen LogP contribution in [0, 0.1) is 29.6 Å². The van der Waals surface area contributed by atoms with Crippen molar-refractivity contribution in [2.45, 2.75) is 189 Å². The Morgan fingerprint density at radius 2 is 0.886 bits per heavy atom. The maximum absolute atomic E-state index is 12.5. The van der Waals surface area contributed by atoms with E-state index in [9.17, 15) is 55.1 Å². The van der Waals surface area contributed by atoms with Crippen LogP contribution in [0.1, 0.15) is 172 Å². The molecule has 3 fully saturated rings. The van der Waals surface area contributed by atoms with E-state index in [4.69, 9.17) is 24.5 Å². The molecule has 0 unspecified atom stereocenters. The highest BCUT2D eigenvalue weighted by atomic mass is 19.4. The predicted octanol–water partition coefficient (Wildman–Crippen LogP) is 8.49. The Bertz CT molecular complexity index is 1770. The minimum atomic E-state index is -5.04. The predicted molar refractivity (Wildman–Crippen MR) is 246 cm³/mol. The first-order chi connectivity index (χ1) is 31.2. The molecular weight excluding hydrogens is 941 g/mol. The lowest BCUT2D eigenvalue weighted by atomic mass is 9.81. The number of halogens is 6. The molecular formula is C45H79F6N9O10. The van der Waals surface area contributed by atoms with E-state index >= 15 is 0 Å². The quantitative estimate of drug-likeness (QED) is 0.0403. The Labute approximate surface area is 407 Å². The molecule has 19 nitrogen and oxygen atoms in total. The fourth-order valence-corrected chi connectivity index (χ4v) is 7.42. The van der Waals surface area contributed by atoms with Crippen LogP contribution in [0.25, 0.3) is 0 Å². The van der Waals surface area contributed by atoms with E-state index in [0.29, 0.717) is 64.1 Å². The summed E-state index contributed by atoms with van der Waals surface area (Å²) in [6.07, 6.45) is -2.46. The van der Waals surface area contributed by atoms with Gasteiger partial charge >= 0.3 is 42.4 Å². The molecule has 8 N–H and O–H groups in total. The molecule has 0 saturated heterocycles. The average Bonchev–Trinajstić information content (AvgIpc) is 3.74. The lowest BCUT2D eigenvalue weighted by Gasteiger charge is -2.28. The minimum absolute atomic E-state index is 0. The van der Waals surface area contributed by atoms with Crippen LogP contribution in [-0.4, -0.2) is 88.8 Å². The van der Waals surface area contributed by atoms with Crippen LogP contribution in [0.3, 0.4) is 0 Å². The molecule has 0 aliphatic heterocycles. The zero-order valence-electron chi connectivity index (χ0n) is 40.4. The SMILES string of the molecule is C.C.CC(C)(C)OC(=O)NCC1CCC(C(=O)NN)CC1.CC(C)(C)OC(=O)NCC1CCC(C(=O)NNC(=O)C(F)(F)F)CC1.CC(C)(C)OC(=O)NCC1CCC(c2nnc(C(F)(F)F)o2)CC1. The Hall–Kier alpha value is -5.10. The summed E-state index contributed by atoms with van der Waals surface area (Å²) in [6, 6.07) is 0. The van der Waals surface area contributed by atoms with Gasteiger partial charge in [-0.3, -0.25) is 30.7 Å². The van der Waals surface area contributed by atoms with Crippen LogP contribution in [0.5, 0.6) is 0 Å². The van der Waals surface area contributed by atoms with Gasteiger partial charge in [-0.05, 0) is 157 Å². The second-order valence-electron chi connectivity index (χ2n) is 20.2. The Morgan fingerprint density at radius 1 is 0.543 bits per heavy atom. The Kier molecular flexibility index (Phi) is 26.6. The summed E-state index contributed by atoms with van der Waals surface area (Å²) in [6.45, 7) is 17.6. The zero-order valence-corrected chi connectivity index (χ0v) is 40.4. The van der Waals surface area contributed by atoms with Crippen LogP contribution in [0.15, 0.2) is 4.42 Å². The van der Waals surface area contributed by atoms with Gasteiger partial charge in [0.25, 0.3) is 0 Å². The molecule has 4 rings (SSSR count). The zero-order chi connectivity index (χ0) is 51.7. The van der Waals surface area contributed by atoms with E-state index < -0.39 is 65.0 Å². The van der Waals surface area contributed by atoms with E-state index in [0.717, 1.165) is 38.5 Å². The van der Waals surface area contributed by atoms with Gasteiger partial charge in [0.15, 0.2) is 0 Å². The summed E-state index contributed by atoms with van der Waals surface area (Å²) in [4.78, 5) is 68.5. The van der Waals surface area contributed by atoms with Crippen LogP contribution in [0.4, 0.5) is 40.7 Å². The first-order valence-corrected chi connectivity index (χ1v) is 22.7. The Balaban J connectivity index is 0.00000102.